The van der Waals surface area contributed by atoms with Crippen LogP contribution in [0, 0.1) is 11.8 Å². The van der Waals surface area contributed by atoms with Crippen LogP contribution in [0.3, 0.4) is 0 Å². The third kappa shape index (κ3) is 3.57. The lowest BCUT2D eigenvalue weighted by Gasteiger charge is -2.12. The Labute approximate surface area is 111 Å². The van der Waals surface area contributed by atoms with Crippen molar-refractivity contribution in [2.24, 2.45) is 11.8 Å². The van der Waals surface area contributed by atoms with E-state index in [2.05, 4.69) is 5.32 Å². The zero-order valence-corrected chi connectivity index (χ0v) is 11.9. The molecule has 4 nitrogen and oxygen atoms in total. The van der Waals surface area contributed by atoms with Gasteiger partial charge in [-0.1, -0.05) is 27.7 Å². The molecule has 0 spiro atoms. The number of rotatable bonds is 5. The predicted octanol–water partition coefficient (Wildman–Crippen LogP) is 1.90. The summed E-state index contributed by atoms with van der Waals surface area (Å²) in [6.45, 7) is 7.56. The van der Waals surface area contributed by atoms with E-state index in [0.29, 0.717) is 17.3 Å². The summed E-state index contributed by atoms with van der Waals surface area (Å²) in [7, 11) is 0. The first kappa shape index (κ1) is 14.7. The molecule has 1 aromatic heterocycles. The minimum Gasteiger partial charge on any atom is -0.545 e. The van der Waals surface area contributed by atoms with Crippen LogP contribution in [0.4, 0.5) is 5.00 Å². The standard InChI is InChI=1S/C13H19NO3S/c1-7(2)5-9-6-18-12(10(9)13(16)17)14-11(15)8(3)4/h6-8H,5H2,1-4H3,(H,14,15)(H,16,17)/p-1. The molecule has 0 fully saturated rings. The Balaban J connectivity index is 3.02. The quantitative estimate of drug-likeness (QED) is 0.886. The molecule has 1 N–H and O–H groups in total. The minimum absolute atomic E-state index is 0.128. The first-order valence-corrected chi connectivity index (χ1v) is 6.83. The average molecular weight is 268 g/mol. The Morgan fingerprint density at radius 1 is 1.33 bits per heavy atom. The van der Waals surface area contributed by atoms with Gasteiger partial charge in [0.05, 0.1) is 5.97 Å². The number of nitrogens with one attached hydrogen (secondary N) is 1. The van der Waals surface area contributed by atoms with Crippen LogP contribution in [0.25, 0.3) is 0 Å². The molecule has 0 aliphatic carbocycles. The molecule has 100 valence electrons. The fourth-order valence-electron chi connectivity index (χ4n) is 1.56. The molecular weight excluding hydrogens is 250 g/mol. The zero-order valence-electron chi connectivity index (χ0n) is 11.1. The third-order valence-electron chi connectivity index (χ3n) is 2.46. The smallest absolute Gasteiger partial charge is 0.227 e. The number of anilines is 1. The largest absolute Gasteiger partial charge is 0.545 e. The van der Waals surface area contributed by atoms with Crippen LogP contribution in [-0.4, -0.2) is 11.9 Å². The van der Waals surface area contributed by atoms with Crippen LogP contribution in [0.2, 0.25) is 0 Å². The average Bonchev–Trinajstić information content (AvgIpc) is 2.59. The van der Waals surface area contributed by atoms with Crippen molar-refractivity contribution in [2.75, 3.05) is 5.32 Å². The summed E-state index contributed by atoms with van der Waals surface area (Å²) in [5.41, 5.74) is 0.858. The Morgan fingerprint density at radius 3 is 2.39 bits per heavy atom. The predicted molar refractivity (Wildman–Crippen MR) is 70.7 cm³/mol. The fourth-order valence-corrected chi connectivity index (χ4v) is 2.52. The highest BCUT2D eigenvalue weighted by Crippen LogP contribution is 2.29. The number of carbonyl (C=O) groups excluding carboxylic acids is 2. The number of carboxylic acid groups (broad SMARTS) is 1. The molecule has 0 bridgehead atoms. The summed E-state index contributed by atoms with van der Waals surface area (Å²) in [5, 5.41) is 16.0. The van der Waals surface area contributed by atoms with Gasteiger partial charge >= 0.3 is 0 Å². The van der Waals surface area contributed by atoms with Gasteiger partial charge in [-0.05, 0) is 23.3 Å². The number of hydrogen-bond donors (Lipinski definition) is 1. The van der Waals surface area contributed by atoms with Crippen LogP contribution in [0.5, 0.6) is 0 Å². The van der Waals surface area contributed by atoms with Gasteiger partial charge in [0.1, 0.15) is 5.00 Å². The molecule has 0 aliphatic heterocycles. The first-order chi connectivity index (χ1) is 8.32. The number of thiophene rings is 1. The lowest BCUT2D eigenvalue weighted by atomic mass is 10.0. The molecule has 0 saturated carbocycles. The molecule has 1 amide bonds. The van der Waals surface area contributed by atoms with Crippen molar-refractivity contribution in [2.45, 2.75) is 34.1 Å². The Morgan fingerprint density at radius 2 is 1.94 bits per heavy atom. The fraction of sp³-hybridized carbons (Fsp3) is 0.538. The summed E-state index contributed by atoms with van der Waals surface area (Å²) < 4.78 is 0. The lowest BCUT2D eigenvalue weighted by Crippen LogP contribution is -2.26. The van der Waals surface area contributed by atoms with Crippen molar-refractivity contribution in [3.63, 3.8) is 0 Å². The molecule has 1 rings (SSSR count). The van der Waals surface area contributed by atoms with Crippen LogP contribution in [0.1, 0.15) is 43.6 Å². The molecule has 1 heterocycles. The maximum absolute atomic E-state index is 11.6. The van der Waals surface area contributed by atoms with E-state index in [0.717, 1.165) is 5.56 Å². The molecule has 0 unspecified atom stereocenters. The van der Waals surface area contributed by atoms with Gasteiger partial charge in [0, 0.05) is 11.5 Å². The number of carbonyl (C=O) groups is 2. The van der Waals surface area contributed by atoms with Crippen molar-refractivity contribution >= 4 is 28.2 Å². The zero-order chi connectivity index (χ0) is 13.9. The van der Waals surface area contributed by atoms with E-state index in [1.54, 1.807) is 19.2 Å². The van der Waals surface area contributed by atoms with E-state index >= 15 is 0 Å². The third-order valence-corrected chi connectivity index (χ3v) is 3.40. The van der Waals surface area contributed by atoms with Gasteiger partial charge in [0.15, 0.2) is 0 Å². The van der Waals surface area contributed by atoms with Gasteiger partial charge < -0.3 is 15.2 Å². The molecular formula is C13H18NO3S-. The van der Waals surface area contributed by atoms with Crippen LogP contribution < -0.4 is 10.4 Å². The van der Waals surface area contributed by atoms with Crippen molar-refractivity contribution < 1.29 is 14.7 Å². The van der Waals surface area contributed by atoms with E-state index in [9.17, 15) is 14.7 Å². The lowest BCUT2D eigenvalue weighted by molar-refractivity contribution is -0.254. The number of carboxylic acids is 1. The highest BCUT2D eigenvalue weighted by molar-refractivity contribution is 7.15. The van der Waals surface area contributed by atoms with Gasteiger partial charge in [0.2, 0.25) is 5.91 Å². The maximum Gasteiger partial charge on any atom is 0.227 e. The molecule has 5 heteroatoms. The summed E-state index contributed by atoms with van der Waals surface area (Å²) in [6, 6.07) is 0. The second-order valence-electron chi connectivity index (χ2n) is 4.99. The van der Waals surface area contributed by atoms with E-state index < -0.39 is 5.97 Å². The van der Waals surface area contributed by atoms with E-state index in [-0.39, 0.29) is 17.4 Å². The molecule has 0 radical (unpaired) electrons. The molecule has 0 atom stereocenters. The highest BCUT2D eigenvalue weighted by atomic mass is 32.1. The SMILES string of the molecule is CC(C)Cc1csc(NC(=O)C(C)C)c1C(=O)[O-]. The van der Waals surface area contributed by atoms with Crippen molar-refractivity contribution in [1.82, 2.24) is 0 Å². The topological polar surface area (TPSA) is 69.2 Å². The number of hydrogen-bond acceptors (Lipinski definition) is 4. The van der Waals surface area contributed by atoms with E-state index in [1.807, 2.05) is 13.8 Å². The van der Waals surface area contributed by atoms with Gasteiger partial charge in [-0.2, -0.15) is 0 Å². The second kappa shape index (κ2) is 6.00. The molecule has 0 saturated heterocycles. The normalized spacial score (nSPS) is 11.0. The van der Waals surface area contributed by atoms with Gasteiger partial charge in [-0.25, -0.2) is 0 Å². The van der Waals surface area contributed by atoms with Gasteiger partial charge in [0.25, 0.3) is 0 Å². The van der Waals surface area contributed by atoms with Gasteiger partial charge in [-0.3, -0.25) is 4.79 Å². The Hall–Kier alpha value is -1.36. The second-order valence-corrected chi connectivity index (χ2v) is 5.87. The Kier molecular flexibility index (Phi) is 4.90. The number of amides is 1. The van der Waals surface area contributed by atoms with Crippen LogP contribution in [0.15, 0.2) is 5.38 Å². The molecule has 0 aliphatic rings. The van der Waals surface area contributed by atoms with Crippen molar-refractivity contribution in [3.8, 4) is 0 Å². The molecule has 1 aromatic rings. The molecule has 0 aromatic carbocycles. The van der Waals surface area contributed by atoms with Crippen LogP contribution >= 0.6 is 11.3 Å². The summed E-state index contributed by atoms with van der Waals surface area (Å²) in [4.78, 5) is 22.8. The Bertz CT molecular complexity index is 449. The van der Waals surface area contributed by atoms with Crippen LogP contribution in [-0.2, 0) is 11.2 Å². The highest BCUT2D eigenvalue weighted by Gasteiger charge is 2.17. The monoisotopic (exact) mass is 268 g/mol. The van der Waals surface area contributed by atoms with E-state index in [4.69, 9.17) is 0 Å². The minimum atomic E-state index is -1.23. The van der Waals surface area contributed by atoms with E-state index in [1.165, 1.54) is 11.3 Å². The number of aromatic carboxylic acids is 1. The maximum atomic E-state index is 11.6. The van der Waals surface area contributed by atoms with Gasteiger partial charge in [-0.15, -0.1) is 11.3 Å². The first-order valence-electron chi connectivity index (χ1n) is 5.95. The summed E-state index contributed by atoms with van der Waals surface area (Å²) >= 11 is 1.24. The molecule has 18 heavy (non-hydrogen) atoms. The van der Waals surface area contributed by atoms with Crippen molar-refractivity contribution in [1.29, 1.82) is 0 Å². The summed E-state index contributed by atoms with van der Waals surface area (Å²) in [5.74, 6) is -1.25. The summed E-state index contributed by atoms with van der Waals surface area (Å²) in [6.07, 6.45) is 0.664. The van der Waals surface area contributed by atoms with Crippen molar-refractivity contribution in [3.05, 3.63) is 16.5 Å².